The second-order valence-corrected chi connectivity index (χ2v) is 6.94. The molecule has 0 aromatic heterocycles. The maximum absolute atomic E-state index is 10.0. The van der Waals surface area contributed by atoms with Crippen LogP contribution in [-0.2, 0) is 4.74 Å². The number of aliphatic hydroxyl groups is 1. The fraction of sp³-hybridized carbons (Fsp3) is 0.650. The lowest BCUT2D eigenvalue weighted by atomic mass is 9.94. The molecule has 0 saturated heterocycles. The van der Waals surface area contributed by atoms with Crippen molar-refractivity contribution in [2.45, 2.75) is 52.7 Å². The average Bonchev–Trinajstić information content (AvgIpc) is 2.59. The van der Waals surface area contributed by atoms with Crippen LogP contribution in [-0.4, -0.2) is 49.5 Å². The second kappa shape index (κ2) is 11.9. The summed E-state index contributed by atoms with van der Waals surface area (Å²) >= 11 is 0. The topological polar surface area (TPSA) is 65.9 Å². The third-order valence-corrected chi connectivity index (χ3v) is 4.01. The van der Waals surface area contributed by atoms with Crippen molar-refractivity contribution in [3.8, 4) is 0 Å². The Bertz CT molecular complexity index is 491. The van der Waals surface area contributed by atoms with Crippen LogP contribution in [0.25, 0.3) is 0 Å². The van der Waals surface area contributed by atoms with Crippen molar-refractivity contribution in [3.63, 3.8) is 0 Å². The smallest absolute Gasteiger partial charge is 0.191 e. The highest BCUT2D eigenvalue weighted by Gasteiger charge is 2.15. The molecule has 3 atom stereocenters. The Kier molecular flexibility index (Phi) is 10.2. The van der Waals surface area contributed by atoms with Crippen molar-refractivity contribution in [1.82, 2.24) is 10.6 Å². The van der Waals surface area contributed by atoms with Gasteiger partial charge in [0.15, 0.2) is 5.96 Å². The number of guanidine groups is 1. The zero-order valence-electron chi connectivity index (χ0n) is 16.3. The Balaban J connectivity index is 2.54. The molecule has 5 heteroatoms. The van der Waals surface area contributed by atoms with Crippen molar-refractivity contribution >= 4 is 5.96 Å². The predicted octanol–water partition coefficient (Wildman–Crippen LogP) is 2.77. The van der Waals surface area contributed by atoms with E-state index in [1.165, 1.54) is 5.56 Å². The van der Waals surface area contributed by atoms with Gasteiger partial charge in [-0.05, 0) is 25.3 Å². The molecule has 0 radical (unpaired) electrons. The van der Waals surface area contributed by atoms with Gasteiger partial charge in [0.25, 0.3) is 0 Å². The molecule has 1 rings (SSSR count). The normalized spacial score (nSPS) is 15.7. The largest absolute Gasteiger partial charge is 0.389 e. The zero-order chi connectivity index (χ0) is 18.7. The molecule has 1 aromatic carbocycles. The van der Waals surface area contributed by atoms with Crippen LogP contribution in [0, 0.1) is 5.92 Å². The van der Waals surface area contributed by atoms with Gasteiger partial charge in [0.05, 0.1) is 19.3 Å². The van der Waals surface area contributed by atoms with Crippen molar-refractivity contribution < 1.29 is 9.84 Å². The molecule has 5 nitrogen and oxygen atoms in total. The van der Waals surface area contributed by atoms with Crippen LogP contribution >= 0.6 is 0 Å². The first-order chi connectivity index (χ1) is 11.9. The van der Waals surface area contributed by atoms with Crippen LogP contribution in [0.1, 0.15) is 46.1 Å². The summed E-state index contributed by atoms with van der Waals surface area (Å²) in [5, 5.41) is 16.7. The van der Waals surface area contributed by atoms with Gasteiger partial charge in [0, 0.05) is 25.1 Å². The van der Waals surface area contributed by atoms with Gasteiger partial charge in [-0.2, -0.15) is 0 Å². The van der Waals surface area contributed by atoms with E-state index < -0.39 is 6.10 Å². The summed E-state index contributed by atoms with van der Waals surface area (Å²) in [6.45, 7) is 12.6. The van der Waals surface area contributed by atoms with Crippen LogP contribution < -0.4 is 10.6 Å². The van der Waals surface area contributed by atoms with E-state index in [0.717, 1.165) is 12.5 Å². The standard InChI is InChI=1S/C20H35N3O2/c1-6-21-20(22-12-19(24)14-25-13-15(2)3)23-17(5)16(4)18-10-8-7-9-11-18/h7-11,15-17,19,24H,6,12-14H2,1-5H3,(H2,21,22,23). The molecule has 142 valence electrons. The zero-order valence-corrected chi connectivity index (χ0v) is 16.3. The quantitative estimate of drug-likeness (QED) is 0.449. The number of rotatable bonds is 10. The van der Waals surface area contributed by atoms with Crippen molar-refractivity contribution in [1.29, 1.82) is 0 Å². The summed E-state index contributed by atoms with van der Waals surface area (Å²) in [5.41, 5.74) is 1.29. The number of aliphatic imine (C=N–C) groups is 1. The van der Waals surface area contributed by atoms with E-state index in [4.69, 9.17) is 4.74 Å². The molecule has 0 spiro atoms. The molecular formula is C20H35N3O2. The average molecular weight is 350 g/mol. The van der Waals surface area contributed by atoms with E-state index in [9.17, 15) is 5.11 Å². The van der Waals surface area contributed by atoms with Gasteiger partial charge >= 0.3 is 0 Å². The van der Waals surface area contributed by atoms with Gasteiger partial charge < -0.3 is 20.5 Å². The molecule has 0 aliphatic carbocycles. The number of ether oxygens (including phenoxy) is 1. The van der Waals surface area contributed by atoms with Crippen molar-refractivity contribution in [3.05, 3.63) is 35.9 Å². The lowest BCUT2D eigenvalue weighted by Gasteiger charge is -2.24. The Morgan fingerprint density at radius 3 is 2.40 bits per heavy atom. The van der Waals surface area contributed by atoms with E-state index >= 15 is 0 Å². The number of hydrogen-bond acceptors (Lipinski definition) is 3. The second-order valence-electron chi connectivity index (χ2n) is 6.94. The van der Waals surface area contributed by atoms with Crippen LogP contribution in [0.4, 0.5) is 0 Å². The summed E-state index contributed by atoms with van der Waals surface area (Å²) < 4.78 is 5.47. The first-order valence-corrected chi connectivity index (χ1v) is 9.29. The highest BCUT2D eigenvalue weighted by Crippen LogP contribution is 2.18. The molecular weight excluding hydrogens is 314 g/mol. The van der Waals surface area contributed by atoms with Crippen molar-refractivity contribution in [2.75, 3.05) is 26.3 Å². The number of hydrogen-bond donors (Lipinski definition) is 3. The summed E-state index contributed by atoms with van der Waals surface area (Å²) in [7, 11) is 0. The summed E-state index contributed by atoms with van der Waals surface area (Å²) in [5.74, 6) is 1.54. The van der Waals surface area contributed by atoms with Gasteiger partial charge in [-0.3, -0.25) is 4.99 Å². The van der Waals surface area contributed by atoms with E-state index in [1.54, 1.807) is 0 Å². The number of benzene rings is 1. The van der Waals surface area contributed by atoms with Crippen LogP contribution in [0.2, 0.25) is 0 Å². The number of aliphatic hydroxyl groups excluding tert-OH is 1. The molecule has 0 amide bonds. The number of nitrogens with zero attached hydrogens (tertiary/aromatic N) is 1. The Morgan fingerprint density at radius 1 is 1.12 bits per heavy atom. The van der Waals surface area contributed by atoms with Crippen LogP contribution in [0.15, 0.2) is 35.3 Å². The molecule has 3 unspecified atom stereocenters. The third kappa shape index (κ3) is 8.89. The van der Waals surface area contributed by atoms with Crippen molar-refractivity contribution in [2.24, 2.45) is 10.9 Å². The minimum atomic E-state index is -0.587. The Hall–Kier alpha value is -1.59. The van der Waals surface area contributed by atoms with E-state index in [2.05, 4.69) is 67.6 Å². The first-order valence-electron chi connectivity index (χ1n) is 9.29. The minimum absolute atomic E-state index is 0.217. The monoisotopic (exact) mass is 349 g/mol. The van der Waals surface area contributed by atoms with Crippen LogP contribution in [0.3, 0.4) is 0 Å². The highest BCUT2D eigenvalue weighted by atomic mass is 16.5. The summed E-state index contributed by atoms with van der Waals surface area (Å²) in [6, 6.07) is 10.7. The molecule has 25 heavy (non-hydrogen) atoms. The van der Waals surface area contributed by atoms with Gasteiger partial charge in [-0.1, -0.05) is 51.1 Å². The number of nitrogens with one attached hydrogen (secondary N) is 2. The van der Waals surface area contributed by atoms with E-state index in [0.29, 0.717) is 31.6 Å². The maximum atomic E-state index is 10.0. The van der Waals surface area contributed by atoms with Gasteiger partial charge in [0.2, 0.25) is 0 Å². The predicted molar refractivity (Wildman–Crippen MR) is 105 cm³/mol. The fourth-order valence-corrected chi connectivity index (χ4v) is 2.40. The van der Waals surface area contributed by atoms with Gasteiger partial charge in [-0.15, -0.1) is 0 Å². The van der Waals surface area contributed by atoms with E-state index in [-0.39, 0.29) is 6.04 Å². The molecule has 0 bridgehead atoms. The summed E-state index contributed by atoms with van der Waals surface area (Å²) in [4.78, 5) is 4.49. The molecule has 0 heterocycles. The molecule has 0 fully saturated rings. The van der Waals surface area contributed by atoms with Crippen LogP contribution in [0.5, 0.6) is 0 Å². The lowest BCUT2D eigenvalue weighted by Crippen LogP contribution is -2.44. The molecule has 1 aromatic rings. The fourth-order valence-electron chi connectivity index (χ4n) is 2.40. The lowest BCUT2D eigenvalue weighted by molar-refractivity contribution is 0.0301. The Labute approximate surface area is 152 Å². The molecule has 0 aliphatic heterocycles. The minimum Gasteiger partial charge on any atom is -0.389 e. The first kappa shape index (κ1) is 21.5. The highest BCUT2D eigenvalue weighted by molar-refractivity contribution is 5.80. The molecule has 0 aliphatic rings. The third-order valence-electron chi connectivity index (χ3n) is 4.01. The van der Waals surface area contributed by atoms with Gasteiger partial charge in [-0.25, -0.2) is 0 Å². The Morgan fingerprint density at radius 2 is 1.80 bits per heavy atom. The SMILES string of the molecule is CCNC(=NCC(O)COCC(C)C)NC(C)C(C)c1ccccc1. The van der Waals surface area contributed by atoms with E-state index in [1.807, 2.05) is 13.0 Å². The maximum Gasteiger partial charge on any atom is 0.191 e. The molecule has 3 N–H and O–H groups in total. The molecule has 0 saturated carbocycles. The van der Waals surface area contributed by atoms with Gasteiger partial charge in [0.1, 0.15) is 0 Å². The summed E-state index contributed by atoms with van der Waals surface area (Å²) in [6.07, 6.45) is -0.587.